The van der Waals surface area contributed by atoms with Crippen LogP contribution in [0.3, 0.4) is 0 Å². The summed E-state index contributed by atoms with van der Waals surface area (Å²) in [6.45, 7) is 8.84. The summed E-state index contributed by atoms with van der Waals surface area (Å²) in [5.41, 5.74) is 0.783. The number of alkyl halides is 3. The molecule has 0 unspecified atom stereocenters. The number of alkyl carbamates (subject to hydrolysis) is 1. The number of fused-ring (bicyclic) bond motifs is 5. The van der Waals surface area contributed by atoms with Crippen molar-refractivity contribution in [2.24, 2.45) is 17.6 Å². The minimum Gasteiger partial charge on any atom is -0.495 e. The molecule has 4 heterocycles. The summed E-state index contributed by atoms with van der Waals surface area (Å²) < 4.78 is 74.0. The van der Waals surface area contributed by atoms with E-state index in [1.807, 2.05) is 6.92 Å². The largest absolute Gasteiger partial charge is 0.495 e. The first-order valence-electron chi connectivity index (χ1n) is 27.3. The van der Waals surface area contributed by atoms with E-state index in [2.05, 4.69) is 37.2 Å². The Morgan fingerprint density at radius 3 is 2.33 bits per heavy atom. The van der Waals surface area contributed by atoms with Crippen molar-refractivity contribution in [3.63, 3.8) is 0 Å². The number of nitrogens with two attached hydrogens (primary N) is 1. The van der Waals surface area contributed by atoms with Crippen LogP contribution in [0.4, 0.5) is 44.6 Å². The van der Waals surface area contributed by atoms with Crippen molar-refractivity contribution in [3.05, 3.63) is 82.4 Å². The molecule has 9 amide bonds. The molecule has 24 nitrogen and oxygen atoms in total. The first kappa shape index (κ1) is 66.6. The minimum atomic E-state index is -5.17. The molecule has 85 heavy (non-hydrogen) atoms. The van der Waals surface area contributed by atoms with Crippen molar-refractivity contribution in [2.75, 3.05) is 56.4 Å². The Kier molecular flexibility index (Phi) is 22.4. The van der Waals surface area contributed by atoms with E-state index in [0.717, 1.165) is 22.6 Å². The maximum Gasteiger partial charge on any atom is 0.418 e. The second-order valence-electron chi connectivity index (χ2n) is 21.5. The Hall–Kier alpha value is -7.53. The van der Waals surface area contributed by atoms with Crippen molar-refractivity contribution in [1.82, 2.24) is 31.5 Å². The lowest BCUT2D eigenvalue weighted by Gasteiger charge is -2.42. The van der Waals surface area contributed by atoms with E-state index in [1.165, 1.54) is 45.2 Å². The maximum atomic E-state index is 15.0. The number of halogens is 4. The normalized spacial score (nSPS) is 25.0. The van der Waals surface area contributed by atoms with E-state index in [9.17, 15) is 43.5 Å². The number of allylic oxidation sites excluding steroid dienone is 3. The molecule has 2 fully saturated rings. The van der Waals surface area contributed by atoms with Gasteiger partial charge in [-0.3, -0.25) is 39.5 Å². The fourth-order valence-electron chi connectivity index (χ4n) is 10.1. The maximum absolute atomic E-state index is 15.0. The van der Waals surface area contributed by atoms with Crippen LogP contribution in [0.1, 0.15) is 84.3 Å². The molecule has 2 aromatic carbocycles. The highest BCUT2D eigenvalue weighted by molar-refractivity contribution is 7.80. The smallest absolute Gasteiger partial charge is 0.418 e. The molecule has 29 heteroatoms. The van der Waals surface area contributed by atoms with E-state index >= 15 is 13.2 Å². The van der Waals surface area contributed by atoms with Gasteiger partial charge >= 0.3 is 24.4 Å². The van der Waals surface area contributed by atoms with Crippen LogP contribution in [0.15, 0.2) is 66.3 Å². The molecule has 464 valence electrons. The number of carbonyl (C=O) groups excluding carboxylic acids is 8. The zero-order valence-corrected chi connectivity index (χ0v) is 49.7. The number of nitrogens with one attached hydrogen (secondary N) is 7. The van der Waals surface area contributed by atoms with Crippen molar-refractivity contribution < 1.29 is 80.3 Å². The molecule has 0 saturated carbocycles. The van der Waals surface area contributed by atoms with Gasteiger partial charge in [0, 0.05) is 64.0 Å². The summed E-state index contributed by atoms with van der Waals surface area (Å²) >= 11 is 12.2. The second-order valence-corrected chi connectivity index (χ2v) is 22.3. The number of benzene rings is 2. The molecule has 0 spiro atoms. The first-order chi connectivity index (χ1) is 40.0. The monoisotopic (exact) mass is 1230 g/mol. The van der Waals surface area contributed by atoms with E-state index in [4.69, 9.17) is 53.2 Å². The first-order valence-corrected chi connectivity index (χ1v) is 28.1. The topological polar surface area (TPSA) is 323 Å². The predicted molar refractivity (Wildman–Crippen MR) is 309 cm³/mol. The average Bonchev–Trinajstić information content (AvgIpc) is 1.66. The summed E-state index contributed by atoms with van der Waals surface area (Å²) in [6.07, 6.45) is -4.25. The zero-order chi connectivity index (χ0) is 62.7. The number of nitrogens with zero attached hydrogens (tertiary/aromatic N) is 2. The van der Waals surface area contributed by atoms with Gasteiger partial charge in [-0.25, -0.2) is 14.4 Å². The number of ether oxygens (including phenoxy) is 5. The molecule has 0 radical (unpaired) electrons. The number of amides is 9. The van der Waals surface area contributed by atoms with Crippen molar-refractivity contribution in [1.29, 1.82) is 0 Å². The number of thiocarbonyl (C=S) groups is 1. The van der Waals surface area contributed by atoms with Gasteiger partial charge in [0.2, 0.25) is 17.7 Å². The number of methoxy groups -OCH3 is 2. The van der Waals surface area contributed by atoms with Gasteiger partial charge in [-0.1, -0.05) is 56.2 Å². The number of imide groups is 1. The van der Waals surface area contributed by atoms with Crippen LogP contribution in [0.2, 0.25) is 5.02 Å². The molecular formula is C56H72ClF3N10O14S. The van der Waals surface area contributed by atoms with Crippen LogP contribution < -0.4 is 52.6 Å². The zero-order valence-electron chi connectivity index (χ0n) is 48.1. The molecule has 2 aromatic rings. The fourth-order valence-corrected chi connectivity index (χ4v) is 10.6. The Bertz CT molecular complexity index is 2970. The van der Waals surface area contributed by atoms with Crippen molar-refractivity contribution in [3.8, 4) is 5.75 Å². The predicted octanol–water partition coefficient (Wildman–Crippen LogP) is 5.46. The van der Waals surface area contributed by atoms with E-state index in [-0.39, 0.29) is 53.9 Å². The number of epoxide rings is 1. The highest BCUT2D eigenvalue weighted by Gasteiger charge is 2.64. The van der Waals surface area contributed by atoms with Crippen LogP contribution in [0.25, 0.3) is 0 Å². The molecule has 0 aliphatic carbocycles. The molecular weight excluding hydrogens is 1160 g/mol. The Morgan fingerprint density at radius 2 is 1.68 bits per heavy atom. The number of carbonyl (C=O) groups is 8. The molecule has 0 aromatic heterocycles. The number of hydrogen-bond acceptors (Lipinski definition) is 15. The summed E-state index contributed by atoms with van der Waals surface area (Å²) in [5.74, 6) is -4.25. The van der Waals surface area contributed by atoms with Gasteiger partial charge in [-0.15, -0.1) is 0 Å². The lowest BCUT2D eigenvalue weighted by Crippen LogP contribution is -2.63. The standard InChI is InChI=1S/C56H72ClF3N10O14S/c1-29(2)46(67-51(85)63-20-9-10-22-70-42(71)18-19-43(70)72)49(75)66-36(14-12-21-62-50(61)76)48(74)65-35-17-16-33(26-34(35)56(58,59)60)64-52(77)83-41-27-44(73)69(6)37-24-32(25-38(80-7)45(37)57)23-30(3)13-11-15-40(81-8)55(79)28-39(82-53(78)68-55)31(4)47-54(41,5)84-47/h11,13,15-19,24-26,29,31,36,39-41,46-47,79H,9-10,12,14,20-23,27-28H2,1-8H3,(H,64,77)(H,65,74)(H,66,75)(H,68,78)(H3,61,62,76)(H2,63,67,85)/b15-11+,30-13+/t31-,36+,39+,40-,41+,46+,47+,54+,55+/m1/s1. The highest BCUT2D eigenvalue weighted by Crippen LogP contribution is 2.49. The number of rotatable bonds is 19. The number of aliphatic hydroxyl groups is 1. The summed E-state index contributed by atoms with van der Waals surface area (Å²) in [6, 6.07) is 2.39. The summed E-state index contributed by atoms with van der Waals surface area (Å²) in [7, 11) is 4.20. The Morgan fingerprint density at radius 1 is 0.988 bits per heavy atom. The van der Waals surface area contributed by atoms with Crippen molar-refractivity contribution in [2.45, 2.75) is 134 Å². The number of primary amides is 1. The number of hydrogen-bond donors (Lipinski definition) is 9. The van der Waals surface area contributed by atoms with Crippen LogP contribution >= 0.6 is 23.8 Å². The van der Waals surface area contributed by atoms with Gasteiger partial charge in [-0.2, -0.15) is 13.2 Å². The van der Waals surface area contributed by atoms with Crippen LogP contribution in [-0.2, 0) is 55.5 Å². The summed E-state index contributed by atoms with van der Waals surface area (Å²) in [5, 5.41) is 29.8. The third-order valence-electron chi connectivity index (χ3n) is 14.9. The third kappa shape index (κ3) is 17.3. The highest BCUT2D eigenvalue weighted by atomic mass is 35.5. The molecule has 10 N–H and O–H groups in total. The van der Waals surface area contributed by atoms with Gasteiger partial charge in [0.15, 0.2) is 10.8 Å². The quantitative estimate of drug-likeness (QED) is 0.0365. The SMILES string of the molecule is COc1cc2cc(c1Cl)N(C)C(=O)C[C@H](OC(=O)Nc1ccc(NC(=O)[C@H](CCCNC(N)=O)NC(=O)[C@@H](NC(=S)NCCCCN3C(=O)C=CC3=O)C(C)C)c(C(F)(F)F)c1)[C@]1(C)O[C@H]1[C@H](C)[C@@H]1C[C@@](O)(NC(=O)O1)[C@H](OC)/C=C/C=C(\C)C2. The second kappa shape index (κ2) is 28.6. The number of unbranched alkanes of at least 4 members (excludes halogenated alkanes) is 1. The van der Waals surface area contributed by atoms with Crippen LogP contribution in [0.5, 0.6) is 5.75 Å². The molecule has 2 saturated heterocycles. The van der Waals surface area contributed by atoms with Crippen LogP contribution in [-0.4, -0.2) is 152 Å². The molecule has 6 rings (SSSR count). The minimum absolute atomic E-state index is 0.0319. The van der Waals surface area contributed by atoms with E-state index < -0.39 is 137 Å². The van der Waals surface area contributed by atoms with E-state index in [1.54, 1.807) is 51.1 Å². The Labute approximate surface area is 499 Å². The molecule has 4 aliphatic rings. The molecule has 9 atom stereocenters. The third-order valence-corrected chi connectivity index (χ3v) is 15.5. The fraction of sp³-hybridized carbons (Fsp3) is 0.518. The van der Waals surface area contributed by atoms with Gasteiger partial charge in [0.05, 0.1) is 36.6 Å². The lowest BCUT2D eigenvalue weighted by molar-refractivity contribution is -0.142. The van der Waals surface area contributed by atoms with E-state index in [0.29, 0.717) is 37.4 Å². The number of urea groups is 1. The molecule has 4 bridgehead atoms. The molecule has 4 aliphatic heterocycles. The summed E-state index contributed by atoms with van der Waals surface area (Å²) in [4.78, 5) is 107. The lowest BCUT2D eigenvalue weighted by atomic mass is 9.83. The van der Waals surface area contributed by atoms with Crippen molar-refractivity contribution >= 4 is 93.7 Å². The Balaban J connectivity index is 1.21. The average molecular weight is 1230 g/mol. The number of anilines is 3. The van der Waals surface area contributed by atoms with Crippen LogP contribution in [0, 0.1) is 11.8 Å². The van der Waals surface area contributed by atoms with Gasteiger partial charge in [-0.05, 0) is 100.0 Å². The van der Waals surface area contributed by atoms with Gasteiger partial charge < -0.3 is 66.0 Å². The van der Waals surface area contributed by atoms with Gasteiger partial charge in [0.25, 0.3) is 11.8 Å². The van der Waals surface area contributed by atoms with Gasteiger partial charge in [0.1, 0.15) is 46.8 Å².